The third-order valence-electron chi connectivity index (χ3n) is 3.78. The van der Waals surface area contributed by atoms with Crippen LogP contribution in [0, 0.1) is 0 Å². The van der Waals surface area contributed by atoms with Gasteiger partial charge in [0.2, 0.25) is 0 Å². The lowest BCUT2D eigenvalue weighted by Crippen LogP contribution is -2.63. The number of likely N-dealkylation sites (N-methyl/N-ethyl adjacent to an activating group) is 1. The number of aliphatic imine (C=N–C) groups is 1. The number of nitrogens with zero attached hydrogens (tertiary/aromatic N) is 2. The van der Waals surface area contributed by atoms with E-state index in [1.807, 2.05) is 6.92 Å². The molecule has 2 atom stereocenters. The van der Waals surface area contributed by atoms with Gasteiger partial charge >= 0.3 is 6.03 Å². The SMILES string of the molecule is CCN1C(=O)N=C(N)C12CCCCC2OC. The molecule has 2 amide bonds. The van der Waals surface area contributed by atoms with Crippen molar-refractivity contribution in [1.82, 2.24) is 4.90 Å². The van der Waals surface area contributed by atoms with Crippen LogP contribution in [-0.2, 0) is 4.74 Å². The maximum absolute atomic E-state index is 11.8. The molecule has 1 fully saturated rings. The molecule has 1 spiro atoms. The van der Waals surface area contributed by atoms with Crippen LogP contribution in [0.1, 0.15) is 32.6 Å². The van der Waals surface area contributed by atoms with E-state index >= 15 is 0 Å². The second-order valence-corrected chi connectivity index (χ2v) is 4.42. The minimum atomic E-state index is -0.473. The van der Waals surface area contributed by atoms with Crippen molar-refractivity contribution >= 4 is 11.9 Å². The Balaban J connectivity index is 2.39. The number of urea groups is 1. The lowest BCUT2D eigenvalue weighted by atomic mass is 9.77. The van der Waals surface area contributed by atoms with Gasteiger partial charge in [-0.15, -0.1) is 0 Å². The second-order valence-electron chi connectivity index (χ2n) is 4.42. The maximum Gasteiger partial charge on any atom is 0.346 e. The van der Waals surface area contributed by atoms with Gasteiger partial charge in [-0.1, -0.05) is 12.8 Å². The van der Waals surface area contributed by atoms with E-state index in [1.54, 1.807) is 12.0 Å². The molecule has 5 heteroatoms. The number of amides is 2. The zero-order chi connectivity index (χ0) is 11.8. The smallest absolute Gasteiger partial charge is 0.346 e. The van der Waals surface area contributed by atoms with Gasteiger partial charge in [0.25, 0.3) is 0 Å². The van der Waals surface area contributed by atoms with Crippen LogP contribution < -0.4 is 5.73 Å². The number of hydrogen-bond acceptors (Lipinski definition) is 3. The first-order valence-corrected chi connectivity index (χ1v) is 5.85. The number of hydrogen-bond donors (Lipinski definition) is 1. The van der Waals surface area contributed by atoms with E-state index in [2.05, 4.69) is 4.99 Å². The molecule has 1 aliphatic heterocycles. The molecule has 5 nitrogen and oxygen atoms in total. The molecule has 1 aliphatic carbocycles. The van der Waals surface area contributed by atoms with Gasteiger partial charge < -0.3 is 15.4 Å². The lowest BCUT2D eigenvalue weighted by Gasteiger charge is -2.45. The minimum absolute atomic E-state index is 0.0172. The molecule has 16 heavy (non-hydrogen) atoms. The Kier molecular flexibility index (Phi) is 2.88. The largest absolute Gasteiger partial charge is 0.385 e. The molecular weight excluding hydrogens is 206 g/mol. The zero-order valence-electron chi connectivity index (χ0n) is 9.90. The van der Waals surface area contributed by atoms with Gasteiger partial charge in [0, 0.05) is 13.7 Å². The van der Waals surface area contributed by atoms with Gasteiger partial charge in [0.1, 0.15) is 11.4 Å². The van der Waals surface area contributed by atoms with E-state index in [1.165, 1.54) is 0 Å². The van der Waals surface area contributed by atoms with Crippen molar-refractivity contribution < 1.29 is 9.53 Å². The third-order valence-corrected chi connectivity index (χ3v) is 3.78. The van der Waals surface area contributed by atoms with Crippen LogP contribution in [-0.4, -0.2) is 42.1 Å². The monoisotopic (exact) mass is 225 g/mol. The van der Waals surface area contributed by atoms with Crippen molar-refractivity contribution in [1.29, 1.82) is 0 Å². The van der Waals surface area contributed by atoms with E-state index < -0.39 is 5.54 Å². The Labute approximate surface area is 95.6 Å². The summed E-state index contributed by atoms with van der Waals surface area (Å²) in [4.78, 5) is 17.4. The zero-order valence-corrected chi connectivity index (χ0v) is 9.90. The predicted molar refractivity (Wildman–Crippen MR) is 61.4 cm³/mol. The van der Waals surface area contributed by atoms with E-state index in [-0.39, 0.29) is 12.1 Å². The summed E-state index contributed by atoms with van der Waals surface area (Å²) in [7, 11) is 1.68. The maximum atomic E-state index is 11.8. The van der Waals surface area contributed by atoms with Gasteiger partial charge in [-0.25, -0.2) is 4.79 Å². The summed E-state index contributed by atoms with van der Waals surface area (Å²) in [5.41, 5.74) is 5.50. The molecule has 0 aromatic heterocycles. The number of carbonyl (C=O) groups excluding carboxylic acids is 1. The average molecular weight is 225 g/mol. The number of carbonyl (C=O) groups is 1. The Bertz CT molecular complexity index is 329. The van der Waals surface area contributed by atoms with Crippen molar-refractivity contribution in [3.8, 4) is 0 Å². The highest BCUT2D eigenvalue weighted by molar-refractivity contribution is 6.06. The summed E-state index contributed by atoms with van der Waals surface area (Å²) in [6.45, 7) is 2.58. The van der Waals surface area contributed by atoms with Gasteiger partial charge in [-0.2, -0.15) is 4.99 Å². The molecule has 90 valence electrons. The van der Waals surface area contributed by atoms with Crippen LogP contribution in [0.5, 0.6) is 0 Å². The summed E-state index contributed by atoms with van der Waals surface area (Å²) in [6.07, 6.45) is 3.98. The van der Waals surface area contributed by atoms with Crippen LogP contribution >= 0.6 is 0 Å². The molecule has 2 rings (SSSR count). The molecule has 1 saturated carbocycles. The fourth-order valence-electron chi connectivity index (χ4n) is 3.03. The summed E-state index contributed by atoms with van der Waals surface area (Å²) in [5, 5.41) is 0. The first-order chi connectivity index (χ1) is 7.66. The van der Waals surface area contributed by atoms with Gasteiger partial charge in [-0.3, -0.25) is 0 Å². The lowest BCUT2D eigenvalue weighted by molar-refractivity contribution is -0.0192. The van der Waals surface area contributed by atoms with Crippen LogP contribution in [0.3, 0.4) is 0 Å². The number of rotatable bonds is 2. The average Bonchev–Trinajstić information content (AvgIpc) is 2.52. The number of nitrogens with two attached hydrogens (primary N) is 1. The topological polar surface area (TPSA) is 67.9 Å². The van der Waals surface area contributed by atoms with Crippen molar-refractivity contribution in [3.63, 3.8) is 0 Å². The summed E-state index contributed by atoms with van der Waals surface area (Å²) < 4.78 is 5.52. The Morgan fingerprint density at radius 2 is 2.38 bits per heavy atom. The standard InChI is InChI=1S/C11H19N3O2/c1-3-14-10(15)13-9(12)11(14)7-5-4-6-8(11)16-2/h8H,3-7H2,1-2H3,(H2,12,13,15). The van der Waals surface area contributed by atoms with Crippen LogP contribution in [0.2, 0.25) is 0 Å². The van der Waals surface area contributed by atoms with E-state index in [9.17, 15) is 4.79 Å². The van der Waals surface area contributed by atoms with E-state index in [0.717, 1.165) is 25.7 Å². The first-order valence-electron chi connectivity index (χ1n) is 5.85. The third kappa shape index (κ3) is 1.34. The fourth-order valence-corrected chi connectivity index (χ4v) is 3.03. The van der Waals surface area contributed by atoms with Crippen LogP contribution in [0.4, 0.5) is 4.79 Å². The summed E-state index contributed by atoms with van der Waals surface area (Å²) in [6, 6.07) is -0.219. The minimum Gasteiger partial charge on any atom is -0.385 e. The van der Waals surface area contributed by atoms with Crippen LogP contribution in [0.25, 0.3) is 0 Å². The van der Waals surface area contributed by atoms with Gasteiger partial charge in [-0.05, 0) is 19.8 Å². The Morgan fingerprint density at radius 1 is 1.62 bits per heavy atom. The molecule has 2 aliphatic rings. The molecule has 0 aromatic rings. The molecule has 0 bridgehead atoms. The van der Waals surface area contributed by atoms with Crippen molar-refractivity contribution in [3.05, 3.63) is 0 Å². The summed E-state index contributed by atoms with van der Waals surface area (Å²) in [5.74, 6) is 0.436. The van der Waals surface area contributed by atoms with Crippen LogP contribution in [0.15, 0.2) is 4.99 Å². The molecule has 2 N–H and O–H groups in total. The van der Waals surface area contributed by atoms with Gasteiger partial charge in [0.05, 0.1) is 6.10 Å². The van der Waals surface area contributed by atoms with Crippen molar-refractivity contribution in [2.24, 2.45) is 10.7 Å². The molecule has 1 heterocycles. The van der Waals surface area contributed by atoms with Crippen molar-refractivity contribution in [2.45, 2.75) is 44.2 Å². The highest BCUT2D eigenvalue weighted by Gasteiger charge is 2.54. The predicted octanol–water partition coefficient (Wildman–Crippen LogP) is 1.13. The number of amidine groups is 1. The normalized spacial score (nSPS) is 34.6. The molecule has 0 aromatic carbocycles. The Morgan fingerprint density at radius 3 is 3.00 bits per heavy atom. The highest BCUT2D eigenvalue weighted by atomic mass is 16.5. The van der Waals surface area contributed by atoms with Crippen molar-refractivity contribution in [2.75, 3.05) is 13.7 Å². The number of methoxy groups -OCH3 is 1. The van der Waals surface area contributed by atoms with E-state index in [0.29, 0.717) is 12.4 Å². The molecule has 2 unspecified atom stereocenters. The number of ether oxygens (including phenoxy) is 1. The summed E-state index contributed by atoms with van der Waals surface area (Å²) >= 11 is 0. The molecule has 0 saturated heterocycles. The molecular formula is C11H19N3O2. The fraction of sp³-hybridized carbons (Fsp3) is 0.818. The molecule has 0 radical (unpaired) electrons. The second kappa shape index (κ2) is 4.05. The van der Waals surface area contributed by atoms with Gasteiger partial charge in [0.15, 0.2) is 0 Å². The highest BCUT2D eigenvalue weighted by Crippen LogP contribution is 2.39. The quantitative estimate of drug-likeness (QED) is 0.766. The Hall–Kier alpha value is -1.10. The van der Waals surface area contributed by atoms with E-state index in [4.69, 9.17) is 10.5 Å². The first kappa shape index (κ1) is 11.4.